The van der Waals surface area contributed by atoms with Gasteiger partial charge in [0.05, 0.1) is 22.2 Å². The number of amides is 2. The lowest BCUT2D eigenvalue weighted by molar-refractivity contribution is 0.0968. The molecule has 242 valence electrons. The number of rotatable bonds is 15. The van der Waals surface area contributed by atoms with Gasteiger partial charge in [-0.2, -0.15) is 0 Å². The first-order valence-corrected chi connectivity index (χ1v) is 17.3. The van der Waals surface area contributed by atoms with Gasteiger partial charge in [-0.25, -0.2) is 0 Å². The molecule has 4 rings (SSSR count). The summed E-state index contributed by atoms with van der Waals surface area (Å²) in [5.41, 5.74) is 2.52. The van der Waals surface area contributed by atoms with Crippen LogP contribution in [0.5, 0.6) is 11.5 Å². The number of hydrogen-bond donors (Lipinski definition) is 0. The van der Waals surface area contributed by atoms with Crippen molar-refractivity contribution in [1.29, 1.82) is 0 Å². The topological polar surface area (TPSA) is 59.1 Å². The lowest BCUT2D eigenvalue weighted by atomic mass is 10.1. The van der Waals surface area contributed by atoms with Gasteiger partial charge < -0.3 is 19.3 Å². The Morgan fingerprint density at radius 2 is 0.957 bits per heavy atom. The summed E-state index contributed by atoms with van der Waals surface area (Å²) in [6, 6.07) is 29.9. The largest absolute Gasteiger partial charge is 0.492 e. The molecule has 0 atom stereocenters. The molecule has 0 saturated carbocycles. The molecule has 4 aromatic carbocycles. The van der Waals surface area contributed by atoms with E-state index in [4.69, 9.17) is 9.47 Å². The van der Waals surface area contributed by atoms with Crippen molar-refractivity contribution in [1.82, 2.24) is 0 Å². The average Bonchev–Trinajstić information content (AvgIpc) is 3.04. The number of anilines is 2. The Morgan fingerprint density at radius 3 is 1.28 bits per heavy atom. The second-order valence-electron chi connectivity index (χ2n) is 11.9. The molecule has 0 unspecified atom stereocenters. The maximum atomic E-state index is 14.1. The summed E-state index contributed by atoms with van der Waals surface area (Å²) in [5.74, 6) is 2.13. The molecular formula is C38H42Br2N2O4. The van der Waals surface area contributed by atoms with Crippen molar-refractivity contribution < 1.29 is 19.1 Å². The van der Waals surface area contributed by atoms with E-state index in [0.717, 1.165) is 33.2 Å². The fourth-order valence-electron chi connectivity index (χ4n) is 4.73. The van der Waals surface area contributed by atoms with E-state index in [1.807, 2.05) is 72.8 Å². The van der Waals surface area contributed by atoms with Crippen molar-refractivity contribution in [3.8, 4) is 11.5 Å². The minimum absolute atomic E-state index is 0.174. The molecule has 6 nitrogen and oxygen atoms in total. The molecule has 0 fully saturated rings. The van der Waals surface area contributed by atoms with Crippen molar-refractivity contribution in [2.75, 3.05) is 36.1 Å². The Kier molecular flexibility index (Phi) is 13.3. The summed E-state index contributed by atoms with van der Waals surface area (Å²) in [5, 5.41) is 0. The van der Waals surface area contributed by atoms with Crippen LogP contribution < -0.4 is 19.3 Å². The number of halogens is 2. The minimum atomic E-state index is -0.174. The fraction of sp³-hybridized carbons (Fsp3) is 0.316. The van der Waals surface area contributed by atoms with Crippen molar-refractivity contribution in [3.63, 3.8) is 0 Å². The maximum absolute atomic E-state index is 14.1. The number of nitrogens with zero attached hydrogens (tertiary/aromatic N) is 2. The highest BCUT2D eigenvalue weighted by Gasteiger charge is 2.24. The standard InChI is InChI=1S/C38H42Br2N2O4/c1-27(2)19-23-45-35-17-15-29(25-33(35)39)37(43)41(31-11-7-5-8-12-31)21-22-42(32-13-9-6-10-14-32)38(44)30-16-18-36(34(40)26-30)46-24-20-28(3)4/h5-18,25-28H,19-24H2,1-4H3. The highest BCUT2D eigenvalue weighted by atomic mass is 79.9. The molecule has 8 heteroatoms. The molecule has 0 spiro atoms. The van der Waals surface area contributed by atoms with Gasteiger partial charge in [-0.15, -0.1) is 0 Å². The van der Waals surface area contributed by atoms with Crippen molar-refractivity contribution in [2.24, 2.45) is 11.8 Å². The SMILES string of the molecule is CC(C)CCOc1ccc(C(=O)N(CCN(C(=O)c2ccc(OCCC(C)C)c(Br)c2)c2ccccc2)c2ccccc2)cc1Br. The number of carbonyl (C=O) groups excluding carboxylic acids is 2. The zero-order valence-electron chi connectivity index (χ0n) is 26.9. The second-order valence-corrected chi connectivity index (χ2v) is 13.6. The molecule has 0 bridgehead atoms. The van der Waals surface area contributed by atoms with Gasteiger partial charge >= 0.3 is 0 Å². The monoisotopic (exact) mass is 748 g/mol. The van der Waals surface area contributed by atoms with E-state index in [1.54, 1.807) is 34.1 Å². The van der Waals surface area contributed by atoms with Crippen molar-refractivity contribution in [2.45, 2.75) is 40.5 Å². The molecule has 0 radical (unpaired) electrons. The van der Waals surface area contributed by atoms with Crippen LogP contribution in [-0.2, 0) is 0 Å². The van der Waals surface area contributed by atoms with Crippen LogP contribution in [0.4, 0.5) is 11.4 Å². The van der Waals surface area contributed by atoms with Gasteiger partial charge in [0.15, 0.2) is 0 Å². The first-order valence-electron chi connectivity index (χ1n) is 15.7. The van der Waals surface area contributed by atoms with Crippen LogP contribution >= 0.6 is 31.9 Å². The lowest BCUT2D eigenvalue weighted by Crippen LogP contribution is -2.41. The molecule has 0 N–H and O–H groups in total. The average molecular weight is 751 g/mol. The van der Waals surface area contributed by atoms with Crippen LogP contribution in [0, 0.1) is 11.8 Å². The summed E-state index contributed by atoms with van der Waals surface area (Å²) in [4.78, 5) is 31.5. The molecular weight excluding hydrogens is 708 g/mol. The molecule has 46 heavy (non-hydrogen) atoms. The second kappa shape index (κ2) is 17.3. The zero-order chi connectivity index (χ0) is 33.1. The molecule has 0 aliphatic rings. The van der Waals surface area contributed by atoms with Crippen LogP contribution in [-0.4, -0.2) is 38.1 Å². The van der Waals surface area contributed by atoms with Crippen LogP contribution in [0.3, 0.4) is 0 Å². The maximum Gasteiger partial charge on any atom is 0.258 e. The molecule has 0 aromatic heterocycles. The normalized spacial score (nSPS) is 11.0. The van der Waals surface area contributed by atoms with Crippen LogP contribution in [0.15, 0.2) is 106 Å². The highest BCUT2D eigenvalue weighted by molar-refractivity contribution is 9.11. The van der Waals surface area contributed by atoms with Gasteiger partial charge in [-0.05, 0) is 117 Å². The predicted molar refractivity (Wildman–Crippen MR) is 194 cm³/mol. The third kappa shape index (κ3) is 9.94. The summed E-state index contributed by atoms with van der Waals surface area (Å²) in [6.07, 6.45) is 1.89. The molecule has 0 heterocycles. The van der Waals surface area contributed by atoms with Gasteiger partial charge in [-0.1, -0.05) is 64.1 Å². The van der Waals surface area contributed by atoms with E-state index in [-0.39, 0.29) is 24.9 Å². The van der Waals surface area contributed by atoms with E-state index in [2.05, 4.69) is 59.6 Å². The summed E-state index contributed by atoms with van der Waals surface area (Å²) in [7, 11) is 0. The third-order valence-corrected chi connectivity index (χ3v) is 8.68. The first-order chi connectivity index (χ1) is 22.1. The van der Waals surface area contributed by atoms with E-state index in [0.29, 0.717) is 47.7 Å². The van der Waals surface area contributed by atoms with Crippen LogP contribution in [0.1, 0.15) is 61.3 Å². The Bertz CT molecular complexity index is 1460. The van der Waals surface area contributed by atoms with E-state index < -0.39 is 0 Å². The number of hydrogen-bond acceptors (Lipinski definition) is 4. The quantitative estimate of drug-likeness (QED) is 0.121. The lowest BCUT2D eigenvalue weighted by Gasteiger charge is -2.29. The van der Waals surface area contributed by atoms with E-state index in [1.165, 1.54) is 0 Å². The van der Waals surface area contributed by atoms with Gasteiger partial charge in [0, 0.05) is 35.6 Å². The summed E-state index contributed by atoms with van der Waals surface area (Å²) < 4.78 is 13.3. The zero-order valence-corrected chi connectivity index (χ0v) is 30.1. The van der Waals surface area contributed by atoms with E-state index >= 15 is 0 Å². The van der Waals surface area contributed by atoms with Gasteiger partial charge in [0.25, 0.3) is 11.8 Å². The Morgan fingerprint density at radius 1 is 0.587 bits per heavy atom. The summed E-state index contributed by atoms with van der Waals surface area (Å²) in [6.45, 7) is 10.4. The molecule has 2 amide bonds. The molecule has 0 aliphatic carbocycles. The Hall–Kier alpha value is -3.62. The predicted octanol–water partition coefficient (Wildman–Crippen LogP) is 10.1. The van der Waals surface area contributed by atoms with E-state index in [9.17, 15) is 9.59 Å². The van der Waals surface area contributed by atoms with Gasteiger partial charge in [-0.3, -0.25) is 9.59 Å². The molecule has 4 aromatic rings. The van der Waals surface area contributed by atoms with Gasteiger partial charge in [0.1, 0.15) is 11.5 Å². The Labute approximate surface area is 290 Å². The number of ether oxygens (including phenoxy) is 2. The Balaban J connectivity index is 1.58. The molecule has 0 saturated heterocycles. The smallest absolute Gasteiger partial charge is 0.258 e. The number of para-hydroxylation sites is 2. The summed E-state index contributed by atoms with van der Waals surface area (Å²) >= 11 is 7.19. The number of benzene rings is 4. The molecule has 0 aliphatic heterocycles. The van der Waals surface area contributed by atoms with Crippen LogP contribution in [0.25, 0.3) is 0 Å². The van der Waals surface area contributed by atoms with Crippen molar-refractivity contribution >= 4 is 55.0 Å². The fourth-order valence-corrected chi connectivity index (χ4v) is 5.72. The van der Waals surface area contributed by atoms with Crippen molar-refractivity contribution in [3.05, 3.63) is 117 Å². The third-order valence-electron chi connectivity index (χ3n) is 7.44. The first kappa shape index (κ1) is 35.2. The van der Waals surface area contributed by atoms with Gasteiger partial charge in [0.2, 0.25) is 0 Å². The minimum Gasteiger partial charge on any atom is -0.492 e. The highest BCUT2D eigenvalue weighted by Crippen LogP contribution is 2.30. The van der Waals surface area contributed by atoms with Crippen LogP contribution in [0.2, 0.25) is 0 Å². The number of carbonyl (C=O) groups is 2.